The molecule has 35 heavy (non-hydrogen) atoms. The molecule has 2 aliphatic rings. The molecule has 2 atom stereocenters. The van der Waals surface area contributed by atoms with Gasteiger partial charge in [-0.2, -0.15) is 0 Å². The molecule has 3 aromatic rings. The van der Waals surface area contributed by atoms with Gasteiger partial charge in [-0.1, -0.05) is 42.5 Å². The minimum atomic E-state index is -0.301. The van der Waals surface area contributed by atoms with Crippen LogP contribution in [0.4, 0.5) is 10.1 Å². The highest BCUT2D eigenvalue weighted by molar-refractivity contribution is 5.90. The summed E-state index contributed by atoms with van der Waals surface area (Å²) in [5.74, 6) is 0.101. The molecule has 0 bridgehead atoms. The second kappa shape index (κ2) is 11.3. The Morgan fingerprint density at radius 1 is 0.971 bits per heavy atom. The molecule has 1 amide bonds. The molecule has 6 heteroatoms. The predicted molar refractivity (Wildman–Crippen MR) is 138 cm³/mol. The SMILES string of the molecule is O=C(CC[C@H]1CN(Cc2cccc3ccccc23)CC[C@H]1N1CCOCC1)Nc1ccc(F)cc1. The van der Waals surface area contributed by atoms with Gasteiger partial charge in [0, 0.05) is 44.3 Å². The number of halogens is 1. The van der Waals surface area contributed by atoms with E-state index in [9.17, 15) is 9.18 Å². The number of anilines is 1. The highest BCUT2D eigenvalue weighted by Crippen LogP contribution is 2.29. The average molecular weight is 476 g/mol. The Balaban J connectivity index is 1.25. The molecule has 0 unspecified atom stereocenters. The number of piperidine rings is 1. The van der Waals surface area contributed by atoms with E-state index in [1.165, 1.54) is 28.5 Å². The molecule has 1 N–H and O–H groups in total. The van der Waals surface area contributed by atoms with Gasteiger partial charge >= 0.3 is 0 Å². The summed E-state index contributed by atoms with van der Waals surface area (Å²) < 4.78 is 18.8. The Hall–Kier alpha value is -2.80. The number of fused-ring (bicyclic) bond motifs is 1. The van der Waals surface area contributed by atoms with Gasteiger partial charge in [0.1, 0.15) is 5.82 Å². The Labute approximate surface area is 206 Å². The molecule has 0 aromatic heterocycles. The third-order valence-corrected chi connectivity index (χ3v) is 7.44. The van der Waals surface area contributed by atoms with Crippen molar-refractivity contribution < 1.29 is 13.9 Å². The van der Waals surface area contributed by atoms with E-state index in [4.69, 9.17) is 4.74 Å². The van der Waals surface area contributed by atoms with E-state index in [1.54, 1.807) is 12.1 Å². The summed E-state index contributed by atoms with van der Waals surface area (Å²) in [4.78, 5) is 17.8. The van der Waals surface area contributed by atoms with Gasteiger partial charge < -0.3 is 10.1 Å². The average Bonchev–Trinajstić information content (AvgIpc) is 2.90. The first-order valence-corrected chi connectivity index (χ1v) is 12.7. The number of rotatable bonds is 7. The standard InChI is InChI=1S/C29H34FN3O2/c30-25-9-11-26(12-10-25)31-29(34)13-8-24-21-32(15-14-28(24)33-16-18-35-19-17-33)20-23-6-3-5-22-4-1-2-7-27(22)23/h1-7,9-12,24,28H,8,13-21H2,(H,31,34)/t24-,28+/m0/s1. The zero-order valence-electron chi connectivity index (χ0n) is 20.2. The monoisotopic (exact) mass is 475 g/mol. The number of nitrogens with zero attached hydrogens (tertiary/aromatic N) is 2. The maximum atomic E-state index is 13.2. The van der Waals surface area contributed by atoms with Crippen LogP contribution in [0.1, 0.15) is 24.8 Å². The molecule has 0 spiro atoms. The number of hydrogen-bond acceptors (Lipinski definition) is 4. The van der Waals surface area contributed by atoms with Crippen LogP contribution in [-0.4, -0.2) is 61.1 Å². The first-order valence-electron chi connectivity index (χ1n) is 12.7. The Morgan fingerprint density at radius 3 is 2.57 bits per heavy atom. The van der Waals surface area contributed by atoms with Crippen molar-refractivity contribution in [1.29, 1.82) is 0 Å². The van der Waals surface area contributed by atoms with Crippen molar-refractivity contribution in [3.63, 3.8) is 0 Å². The Kier molecular flexibility index (Phi) is 7.72. The first-order chi connectivity index (χ1) is 17.2. The predicted octanol–water partition coefficient (Wildman–Crippen LogP) is 4.92. The van der Waals surface area contributed by atoms with E-state index < -0.39 is 0 Å². The van der Waals surface area contributed by atoms with Crippen LogP contribution in [0.15, 0.2) is 66.7 Å². The van der Waals surface area contributed by atoms with Crippen LogP contribution in [0.25, 0.3) is 10.8 Å². The molecule has 5 nitrogen and oxygen atoms in total. The lowest BCUT2D eigenvalue weighted by Crippen LogP contribution is -2.53. The second-order valence-electron chi connectivity index (χ2n) is 9.73. The number of amides is 1. The van der Waals surface area contributed by atoms with Crippen molar-refractivity contribution in [2.45, 2.75) is 31.8 Å². The number of benzene rings is 3. The fourth-order valence-electron chi connectivity index (χ4n) is 5.66. The third-order valence-electron chi connectivity index (χ3n) is 7.44. The molecule has 2 heterocycles. The fraction of sp³-hybridized carbons (Fsp3) is 0.414. The van der Waals surface area contributed by atoms with Crippen molar-refractivity contribution in [1.82, 2.24) is 9.80 Å². The molecule has 184 valence electrons. The topological polar surface area (TPSA) is 44.8 Å². The summed E-state index contributed by atoms with van der Waals surface area (Å²) in [5.41, 5.74) is 2.00. The molecule has 2 aliphatic heterocycles. The summed E-state index contributed by atoms with van der Waals surface area (Å²) in [6.07, 6.45) is 2.40. The van der Waals surface area contributed by atoms with Gasteiger partial charge in [-0.25, -0.2) is 4.39 Å². The summed E-state index contributed by atoms with van der Waals surface area (Å²) >= 11 is 0. The minimum Gasteiger partial charge on any atom is -0.379 e. The van der Waals surface area contributed by atoms with Crippen LogP contribution in [0, 0.1) is 11.7 Å². The number of carbonyl (C=O) groups excluding carboxylic acids is 1. The molecule has 5 rings (SSSR count). The lowest BCUT2D eigenvalue weighted by Gasteiger charge is -2.45. The molecule has 2 fully saturated rings. The maximum absolute atomic E-state index is 13.2. The Bertz CT molecular complexity index is 1120. The fourth-order valence-corrected chi connectivity index (χ4v) is 5.66. The van der Waals surface area contributed by atoms with Gasteiger partial charge in [0.05, 0.1) is 13.2 Å². The molecule has 2 saturated heterocycles. The van der Waals surface area contributed by atoms with Crippen molar-refractivity contribution in [2.24, 2.45) is 5.92 Å². The summed E-state index contributed by atoms with van der Waals surface area (Å²) in [6.45, 7) is 6.47. The van der Waals surface area contributed by atoms with E-state index in [2.05, 4.69) is 57.6 Å². The highest BCUT2D eigenvalue weighted by Gasteiger charge is 2.34. The number of likely N-dealkylation sites (tertiary alicyclic amines) is 1. The first kappa shape index (κ1) is 23.9. The summed E-state index contributed by atoms with van der Waals surface area (Å²) in [7, 11) is 0. The van der Waals surface area contributed by atoms with E-state index in [-0.39, 0.29) is 11.7 Å². The number of morpholine rings is 1. The number of hydrogen-bond donors (Lipinski definition) is 1. The van der Waals surface area contributed by atoms with Crippen molar-refractivity contribution in [2.75, 3.05) is 44.7 Å². The minimum absolute atomic E-state index is 0.0106. The number of ether oxygens (including phenoxy) is 1. The van der Waals surface area contributed by atoms with Crippen LogP contribution < -0.4 is 5.32 Å². The van der Waals surface area contributed by atoms with E-state index >= 15 is 0 Å². The summed E-state index contributed by atoms with van der Waals surface area (Å²) in [6, 6.07) is 21.6. The normalized spacial score (nSPS) is 21.7. The van der Waals surface area contributed by atoms with Gasteiger partial charge in [0.2, 0.25) is 5.91 Å². The van der Waals surface area contributed by atoms with Gasteiger partial charge in [-0.15, -0.1) is 0 Å². The quantitative estimate of drug-likeness (QED) is 0.527. The van der Waals surface area contributed by atoms with Crippen molar-refractivity contribution in [3.05, 3.63) is 78.1 Å². The molecular weight excluding hydrogens is 441 g/mol. The molecule has 0 radical (unpaired) electrons. The van der Waals surface area contributed by atoms with Crippen LogP contribution in [0.5, 0.6) is 0 Å². The smallest absolute Gasteiger partial charge is 0.224 e. The van der Waals surface area contributed by atoms with E-state index in [0.29, 0.717) is 24.1 Å². The molecule has 0 saturated carbocycles. The van der Waals surface area contributed by atoms with Crippen LogP contribution in [0.2, 0.25) is 0 Å². The highest BCUT2D eigenvalue weighted by atomic mass is 19.1. The van der Waals surface area contributed by atoms with E-state index in [1.807, 2.05) is 0 Å². The number of carbonyl (C=O) groups is 1. The maximum Gasteiger partial charge on any atom is 0.224 e. The van der Waals surface area contributed by atoms with Gasteiger partial charge in [0.15, 0.2) is 0 Å². The zero-order chi connectivity index (χ0) is 24.0. The lowest BCUT2D eigenvalue weighted by molar-refractivity contribution is -0.116. The van der Waals surface area contributed by atoms with Gasteiger partial charge in [-0.05, 0) is 65.9 Å². The van der Waals surface area contributed by atoms with Gasteiger partial charge in [-0.3, -0.25) is 14.6 Å². The van der Waals surface area contributed by atoms with Crippen molar-refractivity contribution >= 4 is 22.4 Å². The molecule has 3 aromatic carbocycles. The Morgan fingerprint density at radius 2 is 1.74 bits per heavy atom. The molecular formula is C29H34FN3O2. The second-order valence-corrected chi connectivity index (χ2v) is 9.73. The lowest BCUT2D eigenvalue weighted by atomic mass is 9.86. The van der Waals surface area contributed by atoms with Gasteiger partial charge in [0.25, 0.3) is 0 Å². The zero-order valence-corrected chi connectivity index (χ0v) is 20.2. The summed E-state index contributed by atoms with van der Waals surface area (Å²) in [5, 5.41) is 5.52. The van der Waals surface area contributed by atoms with Crippen molar-refractivity contribution in [3.8, 4) is 0 Å². The number of nitrogens with one attached hydrogen (secondary N) is 1. The molecule has 0 aliphatic carbocycles. The van der Waals surface area contributed by atoms with Crippen LogP contribution in [-0.2, 0) is 16.1 Å². The third kappa shape index (κ3) is 6.07. The largest absolute Gasteiger partial charge is 0.379 e. The van der Waals surface area contributed by atoms with E-state index in [0.717, 1.165) is 58.8 Å². The van der Waals surface area contributed by atoms with Crippen LogP contribution in [0.3, 0.4) is 0 Å². The van der Waals surface area contributed by atoms with Crippen LogP contribution >= 0.6 is 0 Å².